The van der Waals surface area contributed by atoms with Crippen LogP contribution in [-0.2, 0) is 10.0 Å². The van der Waals surface area contributed by atoms with Crippen molar-refractivity contribution >= 4 is 10.0 Å². The second-order valence-corrected chi connectivity index (χ2v) is 6.38. The van der Waals surface area contributed by atoms with E-state index < -0.39 is 21.9 Å². The molecule has 0 saturated carbocycles. The van der Waals surface area contributed by atoms with Gasteiger partial charge in [-0.25, -0.2) is 17.5 Å². The van der Waals surface area contributed by atoms with E-state index in [4.69, 9.17) is 4.52 Å². The molecule has 1 heterocycles. The molecule has 6 nitrogen and oxygen atoms in total. The molecule has 1 N–H and O–H groups in total. The number of hydrogen-bond acceptors (Lipinski definition) is 5. The van der Waals surface area contributed by atoms with Gasteiger partial charge in [0.05, 0.1) is 10.9 Å². The van der Waals surface area contributed by atoms with E-state index >= 15 is 0 Å². The van der Waals surface area contributed by atoms with Crippen LogP contribution in [0.4, 0.5) is 4.39 Å². The summed E-state index contributed by atoms with van der Waals surface area (Å²) in [5, 5.41) is 3.72. The normalized spacial score (nSPS) is 13.3. The zero-order valence-corrected chi connectivity index (χ0v) is 12.7. The number of rotatable bonds is 5. The number of aryl methyl sites for hydroxylation is 2. The van der Waals surface area contributed by atoms with Crippen LogP contribution in [0.5, 0.6) is 0 Å². The summed E-state index contributed by atoms with van der Waals surface area (Å²) in [5.41, 5.74) is 0.265. The Bertz CT molecular complexity index is 743. The van der Waals surface area contributed by atoms with Crippen LogP contribution in [-0.4, -0.2) is 18.6 Å². The van der Waals surface area contributed by atoms with Crippen molar-refractivity contribution in [3.05, 3.63) is 41.3 Å². The fraction of sp³-hybridized carbons (Fsp3) is 0.385. The molecule has 8 heteroatoms. The van der Waals surface area contributed by atoms with Crippen molar-refractivity contribution in [2.24, 2.45) is 0 Å². The molecule has 0 unspecified atom stereocenters. The first-order chi connectivity index (χ1) is 9.83. The van der Waals surface area contributed by atoms with E-state index in [0.717, 1.165) is 6.07 Å². The van der Waals surface area contributed by atoms with Gasteiger partial charge in [0, 0.05) is 6.92 Å². The highest BCUT2D eigenvalue weighted by Crippen LogP contribution is 2.19. The fourth-order valence-electron chi connectivity index (χ4n) is 1.81. The third-order valence-electron chi connectivity index (χ3n) is 3.00. The topological polar surface area (TPSA) is 85.1 Å². The van der Waals surface area contributed by atoms with E-state index in [9.17, 15) is 12.8 Å². The summed E-state index contributed by atoms with van der Waals surface area (Å²) in [6, 6.07) is 3.03. The smallest absolute Gasteiger partial charge is 0.241 e. The van der Waals surface area contributed by atoms with Gasteiger partial charge >= 0.3 is 0 Å². The van der Waals surface area contributed by atoms with Gasteiger partial charge < -0.3 is 4.52 Å². The molecule has 0 aliphatic heterocycles. The highest BCUT2D eigenvalue weighted by molar-refractivity contribution is 7.89. The Morgan fingerprint density at radius 3 is 2.62 bits per heavy atom. The molecule has 21 heavy (non-hydrogen) atoms. The van der Waals surface area contributed by atoms with Crippen LogP contribution in [0.25, 0.3) is 0 Å². The summed E-state index contributed by atoms with van der Waals surface area (Å²) in [4.78, 5) is 4.03. The lowest BCUT2D eigenvalue weighted by molar-refractivity contribution is 0.380. The number of halogens is 1. The van der Waals surface area contributed by atoms with Gasteiger partial charge in [0.2, 0.25) is 15.9 Å². The molecule has 0 fully saturated rings. The van der Waals surface area contributed by atoms with Gasteiger partial charge in [-0.05, 0) is 37.1 Å². The van der Waals surface area contributed by atoms with Crippen LogP contribution >= 0.6 is 0 Å². The van der Waals surface area contributed by atoms with Crippen LogP contribution in [0.1, 0.15) is 36.7 Å². The summed E-state index contributed by atoms with van der Waals surface area (Å²) in [5.74, 6) is 0.187. The van der Waals surface area contributed by atoms with Crippen molar-refractivity contribution in [1.29, 1.82) is 0 Å². The van der Waals surface area contributed by atoms with Crippen molar-refractivity contribution in [2.75, 3.05) is 0 Å². The maximum Gasteiger partial charge on any atom is 0.241 e. The number of sulfonamides is 1. The minimum absolute atomic E-state index is 0.0000619. The number of nitrogens with zero attached hydrogens (tertiary/aromatic N) is 2. The Hall–Kier alpha value is -1.80. The molecule has 2 aromatic rings. The van der Waals surface area contributed by atoms with Crippen molar-refractivity contribution in [2.45, 2.75) is 38.1 Å². The van der Waals surface area contributed by atoms with Gasteiger partial charge in [-0.15, -0.1) is 0 Å². The maximum absolute atomic E-state index is 13.2. The Morgan fingerprint density at radius 2 is 2.10 bits per heavy atom. The summed E-state index contributed by atoms with van der Waals surface area (Å²) in [6.45, 7) is 4.93. The van der Waals surface area contributed by atoms with Crippen molar-refractivity contribution in [3.8, 4) is 0 Å². The number of aromatic nitrogens is 2. The number of benzene rings is 1. The Balaban J connectivity index is 2.28. The second-order valence-electron chi connectivity index (χ2n) is 4.66. The first-order valence-corrected chi connectivity index (χ1v) is 7.90. The zero-order chi connectivity index (χ0) is 15.6. The van der Waals surface area contributed by atoms with Crippen molar-refractivity contribution < 1.29 is 17.3 Å². The summed E-state index contributed by atoms with van der Waals surface area (Å²) in [7, 11) is -3.79. The third kappa shape index (κ3) is 3.45. The van der Waals surface area contributed by atoms with E-state index in [1.165, 1.54) is 19.1 Å². The molecule has 0 saturated heterocycles. The zero-order valence-electron chi connectivity index (χ0n) is 11.9. The molecule has 0 aliphatic rings. The largest absolute Gasteiger partial charge is 0.340 e. The second kappa shape index (κ2) is 5.90. The standard InChI is InChI=1S/C13H16FN3O3S/c1-4-12(13-15-9(3)20-16-13)17-21(18,19)10-5-6-11(14)8(2)7-10/h5-7,12,17H,4H2,1-3H3/t12-/m1/s1. The minimum Gasteiger partial charge on any atom is -0.340 e. The van der Waals surface area contributed by atoms with Crippen LogP contribution in [0, 0.1) is 19.7 Å². The van der Waals surface area contributed by atoms with Crippen LogP contribution in [0.15, 0.2) is 27.6 Å². The van der Waals surface area contributed by atoms with E-state index in [0.29, 0.717) is 12.3 Å². The average molecular weight is 313 g/mol. The maximum atomic E-state index is 13.2. The first kappa shape index (κ1) is 15.6. The molecule has 0 amide bonds. The van der Waals surface area contributed by atoms with Crippen molar-refractivity contribution in [3.63, 3.8) is 0 Å². The summed E-state index contributed by atoms with van der Waals surface area (Å²) < 4.78 is 45.2. The SMILES string of the molecule is CC[C@@H](NS(=O)(=O)c1ccc(F)c(C)c1)c1noc(C)n1. The lowest BCUT2D eigenvalue weighted by Gasteiger charge is -2.14. The Morgan fingerprint density at radius 1 is 1.38 bits per heavy atom. The molecule has 0 radical (unpaired) electrons. The molecular weight excluding hydrogens is 297 g/mol. The van der Waals surface area contributed by atoms with Gasteiger partial charge in [-0.2, -0.15) is 4.98 Å². The van der Waals surface area contributed by atoms with Crippen LogP contribution < -0.4 is 4.72 Å². The Labute approximate surface area is 122 Å². The number of nitrogens with one attached hydrogen (secondary N) is 1. The van der Waals surface area contributed by atoms with Gasteiger partial charge in [-0.1, -0.05) is 12.1 Å². The lowest BCUT2D eigenvalue weighted by atomic mass is 10.2. The molecule has 1 aromatic heterocycles. The molecule has 1 aromatic carbocycles. The molecule has 114 valence electrons. The highest BCUT2D eigenvalue weighted by atomic mass is 32.2. The molecule has 2 rings (SSSR count). The third-order valence-corrected chi connectivity index (χ3v) is 4.47. The van der Waals surface area contributed by atoms with E-state index in [-0.39, 0.29) is 16.3 Å². The van der Waals surface area contributed by atoms with Crippen molar-refractivity contribution in [1.82, 2.24) is 14.9 Å². The average Bonchev–Trinajstić information content (AvgIpc) is 2.85. The lowest BCUT2D eigenvalue weighted by Crippen LogP contribution is -2.29. The quantitative estimate of drug-likeness (QED) is 0.915. The van der Waals surface area contributed by atoms with E-state index in [1.807, 2.05) is 0 Å². The summed E-state index contributed by atoms with van der Waals surface area (Å²) in [6.07, 6.45) is 0.457. The minimum atomic E-state index is -3.79. The summed E-state index contributed by atoms with van der Waals surface area (Å²) >= 11 is 0. The van der Waals surface area contributed by atoms with Crippen LogP contribution in [0.3, 0.4) is 0 Å². The molecule has 1 atom stereocenters. The molecular formula is C13H16FN3O3S. The predicted molar refractivity (Wildman–Crippen MR) is 73.5 cm³/mol. The highest BCUT2D eigenvalue weighted by Gasteiger charge is 2.24. The molecule has 0 bridgehead atoms. The Kier molecular flexibility index (Phi) is 4.38. The van der Waals surface area contributed by atoms with Gasteiger partial charge in [0.25, 0.3) is 0 Å². The van der Waals surface area contributed by atoms with Gasteiger partial charge in [0.1, 0.15) is 5.82 Å². The first-order valence-electron chi connectivity index (χ1n) is 6.42. The number of hydrogen-bond donors (Lipinski definition) is 1. The molecule has 0 spiro atoms. The molecule has 0 aliphatic carbocycles. The van der Waals surface area contributed by atoms with Crippen LogP contribution in [0.2, 0.25) is 0 Å². The van der Waals surface area contributed by atoms with Gasteiger partial charge in [0.15, 0.2) is 5.82 Å². The van der Waals surface area contributed by atoms with E-state index in [1.54, 1.807) is 13.8 Å². The predicted octanol–water partition coefficient (Wildman–Crippen LogP) is 2.26. The van der Waals surface area contributed by atoms with Gasteiger partial charge in [-0.3, -0.25) is 0 Å². The monoisotopic (exact) mass is 313 g/mol. The van der Waals surface area contributed by atoms with E-state index in [2.05, 4.69) is 14.9 Å². The fourth-order valence-corrected chi connectivity index (χ4v) is 3.18.